The van der Waals surface area contributed by atoms with Crippen molar-refractivity contribution in [3.8, 4) is 0 Å². The zero-order valence-electron chi connectivity index (χ0n) is 21.9. The quantitative estimate of drug-likeness (QED) is 0.286. The largest absolute Gasteiger partial charge is 0.383 e. The lowest BCUT2D eigenvalue weighted by molar-refractivity contribution is -0.117. The molecule has 4 aromatic rings. The number of rotatable bonds is 10. The van der Waals surface area contributed by atoms with Crippen molar-refractivity contribution in [1.82, 2.24) is 39.4 Å². The third kappa shape index (κ3) is 6.06. The number of aromatic nitrogens is 7. The maximum absolute atomic E-state index is 12.6. The van der Waals surface area contributed by atoms with Gasteiger partial charge in [0, 0.05) is 26.6 Å². The number of aryl methyl sites for hydroxylation is 2. The van der Waals surface area contributed by atoms with Gasteiger partial charge in [0.1, 0.15) is 0 Å². The SMILES string of the molecule is COCCn1cc(Nc2ncc3c(Nc4cc(NC(=O)CN5CCCCC5)cnc4C)nn(C)c3n2)cn1. The Labute approximate surface area is 220 Å². The monoisotopic (exact) mass is 519 g/mol. The third-order valence-electron chi connectivity index (χ3n) is 6.43. The molecule has 0 unspecified atom stereocenters. The van der Waals surface area contributed by atoms with Crippen LogP contribution in [0.5, 0.6) is 0 Å². The number of nitrogens with one attached hydrogen (secondary N) is 3. The normalized spacial score (nSPS) is 14.1. The van der Waals surface area contributed by atoms with E-state index in [1.165, 1.54) is 6.42 Å². The maximum Gasteiger partial charge on any atom is 0.238 e. The van der Waals surface area contributed by atoms with E-state index in [4.69, 9.17) is 4.74 Å². The first-order chi connectivity index (χ1) is 18.5. The lowest BCUT2D eigenvalue weighted by atomic mass is 10.1. The van der Waals surface area contributed by atoms with E-state index in [-0.39, 0.29) is 5.91 Å². The molecule has 5 heterocycles. The van der Waals surface area contributed by atoms with Crippen LogP contribution in [0.15, 0.2) is 30.9 Å². The fourth-order valence-corrected chi connectivity index (χ4v) is 4.43. The molecule has 0 saturated carbocycles. The van der Waals surface area contributed by atoms with E-state index >= 15 is 0 Å². The number of anilines is 5. The van der Waals surface area contributed by atoms with E-state index < -0.39 is 0 Å². The summed E-state index contributed by atoms with van der Waals surface area (Å²) in [6, 6.07) is 1.87. The minimum atomic E-state index is -0.0375. The standard InChI is InChI=1S/C25H33N11O2/c1-17-21(11-18(12-26-17)29-22(37)16-35-7-5-4-6-8-35)31-23-20-14-27-25(32-24(20)34(2)33-23)30-19-13-28-36(15-19)9-10-38-3/h11-15H,4-10,16H2,1-3H3,(H,29,37)(H,31,33)(H,27,30,32). The zero-order valence-corrected chi connectivity index (χ0v) is 21.9. The highest BCUT2D eigenvalue weighted by Gasteiger charge is 2.16. The van der Waals surface area contributed by atoms with Crippen LogP contribution in [0, 0.1) is 6.92 Å². The number of fused-ring (bicyclic) bond motifs is 1. The molecule has 13 nitrogen and oxygen atoms in total. The molecule has 3 N–H and O–H groups in total. The number of carbonyl (C=O) groups excluding carboxylic acids is 1. The molecular formula is C25H33N11O2. The molecule has 38 heavy (non-hydrogen) atoms. The Morgan fingerprint density at radius 3 is 2.74 bits per heavy atom. The summed E-state index contributed by atoms with van der Waals surface area (Å²) in [6.07, 6.45) is 10.5. The molecule has 0 aromatic carbocycles. The number of amides is 1. The molecule has 4 aromatic heterocycles. The van der Waals surface area contributed by atoms with Crippen LogP contribution in [0.4, 0.5) is 28.8 Å². The van der Waals surface area contributed by atoms with Gasteiger partial charge in [0.15, 0.2) is 11.5 Å². The molecule has 200 valence electrons. The van der Waals surface area contributed by atoms with Gasteiger partial charge in [-0.15, -0.1) is 0 Å². The highest BCUT2D eigenvalue weighted by Crippen LogP contribution is 2.27. The second-order valence-electron chi connectivity index (χ2n) is 9.38. The van der Waals surface area contributed by atoms with E-state index in [9.17, 15) is 4.79 Å². The number of ether oxygens (including phenoxy) is 1. The first kappa shape index (κ1) is 25.5. The zero-order chi connectivity index (χ0) is 26.5. The van der Waals surface area contributed by atoms with Crippen molar-refractivity contribution in [1.29, 1.82) is 0 Å². The van der Waals surface area contributed by atoms with Gasteiger partial charge in [-0.05, 0) is 38.9 Å². The summed E-state index contributed by atoms with van der Waals surface area (Å²) in [5.41, 5.74) is 3.60. The van der Waals surface area contributed by atoms with Gasteiger partial charge < -0.3 is 20.7 Å². The molecule has 0 radical (unpaired) electrons. The highest BCUT2D eigenvalue weighted by atomic mass is 16.5. The van der Waals surface area contributed by atoms with Crippen molar-refractivity contribution in [2.75, 3.05) is 49.3 Å². The van der Waals surface area contributed by atoms with Crippen LogP contribution in [0.3, 0.4) is 0 Å². The molecule has 5 rings (SSSR count). The van der Waals surface area contributed by atoms with Crippen LogP contribution in [-0.4, -0.2) is 78.7 Å². The number of carbonyl (C=O) groups is 1. The molecule has 1 aliphatic rings. The molecular weight excluding hydrogens is 486 g/mol. The smallest absolute Gasteiger partial charge is 0.238 e. The second-order valence-corrected chi connectivity index (χ2v) is 9.38. The molecule has 1 fully saturated rings. The maximum atomic E-state index is 12.6. The lowest BCUT2D eigenvalue weighted by Crippen LogP contribution is -2.36. The van der Waals surface area contributed by atoms with Crippen molar-refractivity contribution in [3.63, 3.8) is 0 Å². The number of hydrogen-bond donors (Lipinski definition) is 3. The third-order valence-corrected chi connectivity index (χ3v) is 6.43. The van der Waals surface area contributed by atoms with Crippen LogP contribution in [0.25, 0.3) is 11.0 Å². The minimum absolute atomic E-state index is 0.0375. The van der Waals surface area contributed by atoms with E-state index in [1.807, 2.05) is 26.2 Å². The van der Waals surface area contributed by atoms with Crippen LogP contribution in [-0.2, 0) is 23.1 Å². The Morgan fingerprint density at radius 1 is 1.08 bits per heavy atom. The topological polar surface area (TPSA) is 140 Å². The molecule has 0 aliphatic carbocycles. The fraction of sp³-hybridized carbons (Fsp3) is 0.440. The van der Waals surface area contributed by atoms with E-state index in [0.29, 0.717) is 42.8 Å². The second kappa shape index (κ2) is 11.5. The average Bonchev–Trinajstić information content (AvgIpc) is 3.48. The van der Waals surface area contributed by atoms with Gasteiger partial charge >= 0.3 is 0 Å². The minimum Gasteiger partial charge on any atom is -0.383 e. The summed E-state index contributed by atoms with van der Waals surface area (Å²) in [6.45, 7) is 5.47. The number of hydrogen-bond acceptors (Lipinski definition) is 10. The van der Waals surface area contributed by atoms with Crippen LogP contribution in [0.1, 0.15) is 25.0 Å². The summed E-state index contributed by atoms with van der Waals surface area (Å²) in [5, 5.41) is 19.2. The Kier molecular flexibility index (Phi) is 7.75. The molecule has 0 atom stereocenters. The summed E-state index contributed by atoms with van der Waals surface area (Å²) in [4.78, 5) is 28.3. The molecule has 1 amide bonds. The van der Waals surface area contributed by atoms with Gasteiger partial charge in [0.2, 0.25) is 11.9 Å². The Morgan fingerprint density at radius 2 is 1.92 bits per heavy atom. The van der Waals surface area contributed by atoms with Gasteiger partial charge in [-0.25, -0.2) is 9.67 Å². The fourth-order valence-electron chi connectivity index (χ4n) is 4.43. The van der Waals surface area contributed by atoms with Crippen LogP contribution in [0.2, 0.25) is 0 Å². The number of likely N-dealkylation sites (tertiary alicyclic amines) is 1. The molecule has 1 saturated heterocycles. The first-order valence-electron chi connectivity index (χ1n) is 12.7. The predicted molar refractivity (Wildman–Crippen MR) is 145 cm³/mol. The van der Waals surface area contributed by atoms with Crippen molar-refractivity contribution in [2.24, 2.45) is 7.05 Å². The summed E-state index contributed by atoms with van der Waals surface area (Å²) in [5.74, 6) is 1.00. The first-order valence-corrected chi connectivity index (χ1v) is 12.7. The van der Waals surface area contributed by atoms with Gasteiger partial charge in [0.25, 0.3) is 0 Å². The number of nitrogens with zero attached hydrogens (tertiary/aromatic N) is 8. The molecule has 0 spiro atoms. The summed E-state index contributed by atoms with van der Waals surface area (Å²) in [7, 11) is 3.49. The number of methoxy groups -OCH3 is 1. The summed E-state index contributed by atoms with van der Waals surface area (Å²) >= 11 is 0. The Balaban J connectivity index is 1.28. The van der Waals surface area contributed by atoms with Gasteiger partial charge in [-0.2, -0.15) is 15.2 Å². The van der Waals surface area contributed by atoms with Crippen LogP contribution >= 0.6 is 0 Å². The Bertz CT molecular complexity index is 1410. The molecule has 0 bridgehead atoms. The van der Waals surface area contributed by atoms with Crippen molar-refractivity contribution in [2.45, 2.75) is 32.7 Å². The van der Waals surface area contributed by atoms with Gasteiger partial charge in [0.05, 0.1) is 60.2 Å². The predicted octanol–water partition coefficient (Wildman–Crippen LogP) is 2.82. The van der Waals surface area contributed by atoms with Crippen molar-refractivity contribution >= 4 is 45.8 Å². The van der Waals surface area contributed by atoms with E-state index in [2.05, 4.69) is 46.0 Å². The van der Waals surface area contributed by atoms with E-state index in [0.717, 1.165) is 48.4 Å². The molecule has 13 heteroatoms. The average molecular weight is 520 g/mol. The number of pyridine rings is 1. The van der Waals surface area contributed by atoms with Gasteiger partial charge in [-0.1, -0.05) is 6.42 Å². The molecule has 1 aliphatic heterocycles. The van der Waals surface area contributed by atoms with Gasteiger partial charge in [-0.3, -0.25) is 19.4 Å². The van der Waals surface area contributed by atoms with Crippen LogP contribution < -0.4 is 16.0 Å². The number of piperidine rings is 1. The highest BCUT2D eigenvalue weighted by molar-refractivity contribution is 5.93. The Hall–Kier alpha value is -4.10. The van der Waals surface area contributed by atoms with E-state index in [1.54, 1.807) is 35.1 Å². The summed E-state index contributed by atoms with van der Waals surface area (Å²) < 4.78 is 8.58. The lowest BCUT2D eigenvalue weighted by Gasteiger charge is -2.25. The van der Waals surface area contributed by atoms with Crippen molar-refractivity contribution < 1.29 is 9.53 Å². The van der Waals surface area contributed by atoms with Crippen molar-refractivity contribution in [3.05, 3.63) is 36.5 Å².